The van der Waals surface area contributed by atoms with E-state index in [1.54, 1.807) is 30.1 Å². The quantitative estimate of drug-likeness (QED) is 0.759. The van der Waals surface area contributed by atoms with E-state index in [9.17, 15) is 9.18 Å². The van der Waals surface area contributed by atoms with Gasteiger partial charge in [-0.05, 0) is 45.6 Å². The monoisotopic (exact) mass is 337 g/mol. The summed E-state index contributed by atoms with van der Waals surface area (Å²) in [6, 6.07) is 6.82. The van der Waals surface area contributed by atoms with Crippen molar-refractivity contribution in [1.82, 2.24) is 14.7 Å². The Bertz CT molecular complexity index is 539. The number of amides is 1. The first-order valence-corrected chi connectivity index (χ1v) is 8.47. The number of rotatable bonds is 7. The molecule has 0 N–H and O–H groups in total. The molecule has 1 amide bonds. The zero-order valence-corrected chi connectivity index (χ0v) is 14.9. The van der Waals surface area contributed by atoms with Gasteiger partial charge in [0, 0.05) is 19.6 Å². The summed E-state index contributed by atoms with van der Waals surface area (Å²) in [5.41, 5.74) is 0. The number of hydrogen-bond acceptors (Lipinski definition) is 4. The molecule has 1 saturated heterocycles. The molecular formula is C18H28FN3O2. The molecule has 0 aliphatic carbocycles. The number of ether oxygens (including phenoxy) is 1. The predicted molar refractivity (Wildman–Crippen MR) is 92.7 cm³/mol. The molecule has 1 aromatic carbocycles. The Morgan fingerprint density at radius 3 is 2.79 bits per heavy atom. The Labute approximate surface area is 144 Å². The lowest BCUT2D eigenvalue weighted by atomic mass is 10.1. The topological polar surface area (TPSA) is 36.0 Å². The Morgan fingerprint density at radius 1 is 1.33 bits per heavy atom. The maximum atomic E-state index is 13.5. The summed E-state index contributed by atoms with van der Waals surface area (Å²) in [7, 11) is 5.94. The molecule has 6 heteroatoms. The van der Waals surface area contributed by atoms with Crippen molar-refractivity contribution in [2.75, 3.05) is 53.9 Å². The number of likely N-dealkylation sites (N-methyl/N-ethyl adjacent to an activating group) is 2. The van der Waals surface area contributed by atoms with Crippen LogP contribution in [0.5, 0.6) is 5.75 Å². The summed E-state index contributed by atoms with van der Waals surface area (Å²) in [4.78, 5) is 18.4. The van der Waals surface area contributed by atoms with E-state index in [0.717, 1.165) is 19.5 Å². The average Bonchev–Trinajstić information content (AvgIpc) is 2.56. The van der Waals surface area contributed by atoms with Crippen LogP contribution in [0.15, 0.2) is 24.3 Å². The maximum absolute atomic E-state index is 13.5. The number of halogens is 1. The third-order valence-electron chi connectivity index (χ3n) is 4.52. The molecule has 0 radical (unpaired) electrons. The Kier molecular flexibility index (Phi) is 6.99. The SMILES string of the molecule is CN(CCOc1ccccc1F)C(=O)CN1CCCC(N(C)C)C1. The fourth-order valence-electron chi connectivity index (χ4n) is 2.89. The van der Waals surface area contributed by atoms with E-state index in [2.05, 4.69) is 23.9 Å². The molecule has 0 saturated carbocycles. The summed E-state index contributed by atoms with van der Waals surface area (Å²) < 4.78 is 18.9. The number of benzene rings is 1. The summed E-state index contributed by atoms with van der Waals surface area (Å²) >= 11 is 0. The molecule has 0 aromatic heterocycles. The van der Waals surface area contributed by atoms with Crippen LogP contribution in [0.4, 0.5) is 4.39 Å². The van der Waals surface area contributed by atoms with Crippen LogP contribution in [-0.2, 0) is 4.79 Å². The van der Waals surface area contributed by atoms with Gasteiger partial charge in [0.1, 0.15) is 6.61 Å². The van der Waals surface area contributed by atoms with E-state index in [1.807, 2.05) is 0 Å². The molecule has 0 spiro atoms. The second kappa shape index (κ2) is 8.99. The van der Waals surface area contributed by atoms with E-state index in [0.29, 0.717) is 19.1 Å². The highest BCUT2D eigenvalue weighted by Crippen LogP contribution is 2.15. The van der Waals surface area contributed by atoms with Crippen LogP contribution in [0, 0.1) is 5.82 Å². The lowest BCUT2D eigenvalue weighted by Crippen LogP contribution is -2.48. The van der Waals surface area contributed by atoms with Gasteiger partial charge in [0.25, 0.3) is 0 Å². The van der Waals surface area contributed by atoms with Gasteiger partial charge in [0.15, 0.2) is 11.6 Å². The molecule has 1 aliphatic rings. The van der Waals surface area contributed by atoms with Gasteiger partial charge in [-0.2, -0.15) is 0 Å². The minimum absolute atomic E-state index is 0.0755. The molecule has 1 atom stereocenters. The van der Waals surface area contributed by atoms with E-state index in [1.165, 1.54) is 12.5 Å². The first-order chi connectivity index (χ1) is 11.5. The molecule has 5 nitrogen and oxygen atoms in total. The molecular weight excluding hydrogens is 309 g/mol. The van der Waals surface area contributed by atoms with Crippen molar-refractivity contribution in [3.8, 4) is 5.75 Å². The minimum atomic E-state index is -0.380. The van der Waals surface area contributed by atoms with Crippen molar-refractivity contribution in [3.63, 3.8) is 0 Å². The van der Waals surface area contributed by atoms with Crippen LogP contribution in [0.2, 0.25) is 0 Å². The maximum Gasteiger partial charge on any atom is 0.236 e. The lowest BCUT2D eigenvalue weighted by molar-refractivity contribution is -0.131. The van der Waals surface area contributed by atoms with Gasteiger partial charge in [-0.1, -0.05) is 12.1 Å². The summed E-state index contributed by atoms with van der Waals surface area (Å²) in [6.07, 6.45) is 2.31. The number of piperidine rings is 1. The van der Waals surface area contributed by atoms with Crippen LogP contribution < -0.4 is 4.74 Å². The minimum Gasteiger partial charge on any atom is -0.489 e. The van der Waals surface area contributed by atoms with E-state index < -0.39 is 0 Å². The number of para-hydroxylation sites is 1. The molecule has 2 rings (SSSR count). The highest BCUT2D eigenvalue weighted by Gasteiger charge is 2.23. The van der Waals surface area contributed by atoms with Crippen LogP contribution >= 0.6 is 0 Å². The normalized spacial score (nSPS) is 18.6. The van der Waals surface area contributed by atoms with Gasteiger partial charge in [0.05, 0.1) is 13.1 Å². The van der Waals surface area contributed by atoms with Gasteiger partial charge in [-0.15, -0.1) is 0 Å². The van der Waals surface area contributed by atoms with Crippen molar-refractivity contribution in [2.24, 2.45) is 0 Å². The largest absolute Gasteiger partial charge is 0.489 e. The predicted octanol–water partition coefficient (Wildman–Crippen LogP) is 1.69. The number of nitrogens with zero attached hydrogens (tertiary/aromatic N) is 3. The molecule has 24 heavy (non-hydrogen) atoms. The van der Waals surface area contributed by atoms with Crippen LogP contribution in [0.1, 0.15) is 12.8 Å². The fraction of sp³-hybridized carbons (Fsp3) is 0.611. The number of likely N-dealkylation sites (tertiary alicyclic amines) is 1. The zero-order chi connectivity index (χ0) is 17.5. The van der Waals surface area contributed by atoms with Crippen LogP contribution in [-0.4, -0.2) is 80.6 Å². The summed E-state index contributed by atoms with van der Waals surface area (Å²) in [6.45, 7) is 3.05. The molecule has 1 fully saturated rings. The average molecular weight is 337 g/mol. The molecule has 1 aliphatic heterocycles. The van der Waals surface area contributed by atoms with E-state index in [4.69, 9.17) is 4.74 Å². The summed E-state index contributed by atoms with van der Waals surface area (Å²) in [5, 5.41) is 0. The highest BCUT2D eigenvalue weighted by molar-refractivity contribution is 5.78. The third kappa shape index (κ3) is 5.46. The first-order valence-electron chi connectivity index (χ1n) is 8.47. The molecule has 134 valence electrons. The molecule has 0 bridgehead atoms. The number of carbonyl (C=O) groups is 1. The van der Waals surface area contributed by atoms with Gasteiger partial charge in [-0.3, -0.25) is 9.69 Å². The highest BCUT2D eigenvalue weighted by atomic mass is 19.1. The Hall–Kier alpha value is -1.66. The van der Waals surface area contributed by atoms with Crippen molar-refractivity contribution < 1.29 is 13.9 Å². The van der Waals surface area contributed by atoms with Crippen LogP contribution in [0.3, 0.4) is 0 Å². The Morgan fingerprint density at radius 2 is 2.08 bits per heavy atom. The second-order valence-corrected chi connectivity index (χ2v) is 6.59. The molecule has 1 unspecified atom stereocenters. The number of carbonyl (C=O) groups excluding carboxylic acids is 1. The Balaban J connectivity index is 1.73. The van der Waals surface area contributed by atoms with E-state index >= 15 is 0 Å². The lowest BCUT2D eigenvalue weighted by Gasteiger charge is -2.36. The smallest absolute Gasteiger partial charge is 0.236 e. The zero-order valence-electron chi connectivity index (χ0n) is 14.9. The standard InChI is InChI=1S/C18H28FN3O2/c1-20(2)15-7-6-10-22(13-15)14-18(23)21(3)11-12-24-17-9-5-4-8-16(17)19/h4-5,8-9,15H,6-7,10-14H2,1-3H3. The van der Waals surface area contributed by atoms with Gasteiger partial charge >= 0.3 is 0 Å². The summed E-state index contributed by atoms with van der Waals surface area (Å²) in [5.74, 6) is -0.0794. The van der Waals surface area contributed by atoms with Crippen molar-refractivity contribution >= 4 is 5.91 Å². The van der Waals surface area contributed by atoms with Gasteiger partial charge in [0.2, 0.25) is 5.91 Å². The van der Waals surface area contributed by atoms with Gasteiger partial charge < -0.3 is 14.5 Å². The van der Waals surface area contributed by atoms with Crippen LogP contribution in [0.25, 0.3) is 0 Å². The van der Waals surface area contributed by atoms with Crippen molar-refractivity contribution in [2.45, 2.75) is 18.9 Å². The van der Waals surface area contributed by atoms with Crippen molar-refractivity contribution in [3.05, 3.63) is 30.1 Å². The van der Waals surface area contributed by atoms with Gasteiger partial charge in [-0.25, -0.2) is 4.39 Å². The van der Waals surface area contributed by atoms with Crippen molar-refractivity contribution in [1.29, 1.82) is 0 Å². The third-order valence-corrected chi connectivity index (χ3v) is 4.52. The molecule has 1 aromatic rings. The molecule has 1 heterocycles. The second-order valence-electron chi connectivity index (χ2n) is 6.59. The van der Waals surface area contributed by atoms with E-state index in [-0.39, 0.29) is 24.1 Å². The first kappa shape index (κ1) is 18.7. The number of hydrogen-bond donors (Lipinski definition) is 0. The fourth-order valence-corrected chi connectivity index (χ4v) is 2.89.